The molecular formula is C8H11NO. The number of rotatable bonds is 3. The first kappa shape index (κ1) is 8.69. The highest BCUT2D eigenvalue weighted by molar-refractivity contribution is 5.97. The minimum Gasteiger partial charge on any atom is -0.509 e. The van der Waals surface area contributed by atoms with Crippen molar-refractivity contribution in [2.75, 3.05) is 0 Å². The van der Waals surface area contributed by atoms with Gasteiger partial charge in [0, 0.05) is 5.71 Å². The Morgan fingerprint density at radius 3 is 2.20 bits per heavy atom. The fraction of sp³-hybridized carbons (Fsp3) is 0.125. The molecule has 0 aliphatic rings. The van der Waals surface area contributed by atoms with Gasteiger partial charge in [-0.1, -0.05) is 19.2 Å². The van der Waals surface area contributed by atoms with Crippen molar-refractivity contribution >= 4 is 5.71 Å². The summed E-state index contributed by atoms with van der Waals surface area (Å²) in [5.41, 5.74) is 0.965. The molecule has 2 heteroatoms. The van der Waals surface area contributed by atoms with Crippen LogP contribution < -0.4 is 0 Å². The molecule has 0 saturated heterocycles. The number of hydrogen-bond donors (Lipinski definition) is 2. The summed E-state index contributed by atoms with van der Waals surface area (Å²) in [6.45, 7) is 8.44. The third-order valence-electron chi connectivity index (χ3n) is 0.959. The topological polar surface area (TPSA) is 44.1 Å². The quantitative estimate of drug-likeness (QED) is 0.349. The van der Waals surface area contributed by atoms with Crippen molar-refractivity contribution < 1.29 is 5.11 Å². The molecule has 0 radical (unpaired) electrons. The number of hydrogen-bond acceptors (Lipinski definition) is 2. The molecule has 0 aliphatic carbocycles. The molecule has 10 heavy (non-hydrogen) atoms. The SMILES string of the molecule is C=C(O)/C=C\C(=C)C(C)=N. The second kappa shape index (κ2) is 3.67. The van der Waals surface area contributed by atoms with Crippen molar-refractivity contribution in [3.05, 3.63) is 36.6 Å². The van der Waals surface area contributed by atoms with Crippen LogP contribution in [0.25, 0.3) is 0 Å². The van der Waals surface area contributed by atoms with E-state index in [-0.39, 0.29) is 5.76 Å². The molecule has 0 fully saturated rings. The minimum absolute atomic E-state index is 0.0256. The van der Waals surface area contributed by atoms with Crippen LogP contribution in [0.4, 0.5) is 0 Å². The van der Waals surface area contributed by atoms with Gasteiger partial charge < -0.3 is 10.5 Å². The predicted octanol–water partition coefficient (Wildman–Crippen LogP) is 2.21. The summed E-state index contributed by atoms with van der Waals surface area (Å²) in [5, 5.41) is 15.7. The van der Waals surface area contributed by atoms with Crippen molar-refractivity contribution in [3.63, 3.8) is 0 Å². The van der Waals surface area contributed by atoms with Gasteiger partial charge in [-0.2, -0.15) is 0 Å². The number of nitrogens with one attached hydrogen (secondary N) is 1. The molecule has 0 aliphatic heterocycles. The molecule has 0 aromatic heterocycles. The van der Waals surface area contributed by atoms with Crippen molar-refractivity contribution in [3.8, 4) is 0 Å². The first-order valence-electron chi connectivity index (χ1n) is 2.84. The number of aliphatic hydroxyl groups excluding tert-OH is 1. The predicted molar refractivity (Wildman–Crippen MR) is 43.4 cm³/mol. The van der Waals surface area contributed by atoms with Gasteiger partial charge in [0.25, 0.3) is 0 Å². The molecule has 0 bridgehead atoms. The van der Waals surface area contributed by atoms with Crippen LogP contribution in [0.3, 0.4) is 0 Å². The summed E-state index contributed by atoms with van der Waals surface area (Å²) < 4.78 is 0. The van der Waals surface area contributed by atoms with E-state index in [1.165, 1.54) is 6.08 Å². The van der Waals surface area contributed by atoms with E-state index in [0.717, 1.165) is 0 Å². The maximum Gasteiger partial charge on any atom is 0.108 e. The Balaban J connectivity index is 4.03. The normalized spacial score (nSPS) is 9.70. The fourth-order valence-corrected chi connectivity index (χ4v) is 0.322. The average molecular weight is 137 g/mol. The average Bonchev–Trinajstić information content (AvgIpc) is 1.82. The third kappa shape index (κ3) is 3.66. The molecule has 0 aromatic rings. The Hall–Kier alpha value is -1.31. The van der Waals surface area contributed by atoms with E-state index in [9.17, 15) is 0 Å². The highest BCUT2D eigenvalue weighted by Gasteiger charge is 1.88. The van der Waals surface area contributed by atoms with Crippen molar-refractivity contribution in [2.45, 2.75) is 6.92 Å². The number of aliphatic hydroxyl groups is 1. The summed E-state index contributed by atoms with van der Waals surface area (Å²) in [7, 11) is 0. The van der Waals surface area contributed by atoms with E-state index < -0.39 is 0 Å². The lowest BCUT2D eigenvalue weighted by molar-refractivity contribution is 0.435. The first-order chi connectivity index (χ1) is 4.54. The zero-order chi connectivity index (χ0) is 8.15. The van der Waals surface area contributed by atoms with Gasteiger partial charge >= 0.3 is 0 Å². The van der Waals surface area contributed by atoms with E-state index in [1.54, 1.807) is 13.0 Å². The Bertz CT molecular complexity index is 201. The molecule has 0 saturated carbocycles. The van der Waals surface area contributed by atoms with Crippen LogP contribution in [0.1, 0.15) is 6.92 Å². The van der Waals surface area contributed by atoms with E-state index in [1.807, 2.05) is 0 Å². The Labute approximate surface area is 60.7 Å². The molecule has 54 valence electrons. The second-order valence-electron chi connectivity index (χ2n) is 1.97. The smallest absolute Gasteiger partial charge is 0.108 e. The number of allylic oxidation sites excluding steroid dienone is 3. The minimum atomic E-state index is -0.0256. The monoisotopic (exact) mass is 137 g/mol. The molecule has 0 heterocycles. The molecule has 0 amide bonds. The first-order valence-corrected chi connectivity index (χ1v) is 2.84. The van der Waals surface area contributed by atoms with Gasteiger partial charge in [-0.25, -0.2) is 0 Å². The molecular weight excluding hydrogens is 126 g/mol. The summed E-state index contributed by atoms with van der Waals surface area (Å²) in [6.07, 6.45) is 2.95. The highest BCUT2D eigenvalue weighted by atomic mass is 16.3. The van der Waals surface area contributed by atoms with Gasteiger partial charge in [0.05, 0.1) is 0 Å². The summed E-state index contributed by atoms with van der Waals surface area (Å²) in [4.78, 5) is 0. The largest absolute Gasteiger partial charge is 0.509 e. The van der Waals surface area contributed by atoms with E-state index in [2.05, 4.69) is 13.2 Å². The van der Waals surface area contributed by atoms with Gasteiger partial charge in [-0.15, -0.1) is 0 Å². The standard InChI is InChI=1S/C8H11NO/c1-6(8(3)9)4-5-7(2)10/h4-5,9-10H,1-2H2,3H3/b5-4-,9-8?. The van der Waals surface area contributed by atoms with E-state index in [4.69, 9.17) is 10.5 Å². The van der Waals surface area contributed by atoms with Crippen LogP contribution in [0.2, 0.25) is 0 Å². The van der Waals surface area contributed by atoms with Gasteiger partial charge in [0.1, 0.15) is 5.76 Å². The molecule has 0 rings (SSSR count). The Morgan fingerprint density at radius 2 is 1.90 bits per heavy atom. The van der Waals surface area contributed by atoms with Crippen LogP contribution in [0.15, 0.2) is 36.6 Å². The summed E-state index contributed by atoms with van der Waals surface area (Å²) in [6, 6.07) is 0. The lowest BCUT2D eigenvalue weighted by Gasteiger charge is -1.92. The van der Waals surface area contributed by atoms with Crippen molar-refractivity contribution in [1.82, 2.24) is 0 Å². The molecule has 2 N–H and O–H groups in total. The van der Waals surface area contributed by atoms with E-state index >= 15 is 0 Å². The molecule has 2 nitrogen and oxygen atoms in total. The van der Waals surface area contributed by atoms with E-state index in [0.29, 0.717) is 11.3 Å². The highest BCUT2D eigenvalue weighted by Crippen LogP contribution is 1.96. The van der Waals surface area contributed by atoms with Gasteiger partial charge in [0.2, 0.25) is 0 Å². The Kier molecular flexibility index (Phi) is 3.19. The van der Waals surface area contributed by atoms with Crippen molar-refractivity contribution in [2.24, 2.45) is 0 Å². The zero-order valence-corrected chi connectivity index (χ0v) is 6.02. The summed E-state index contributed by atoms with van der Waals surface area (Å²) >= 11 is 0. The summed E-state index contributed by atoms with van der Waals surface area (Å²) in [5.74, 6) is -0.0256. The van der Waals surface area contributed by atoms with Crippen LogP contribution in [-0.4, -0.2) is 10.8 Å². The molecule has 0 aromatic carbocycles. The van der Waals surface area contributed by atoms with Gasteiger partial charge in [-0.3, -0.25) is 0 Å². The lowest BCUT2D eigenvalue weighted by atomic mass is 10.2. The van der Waals surface area contributed by atoms with Crippen LogP contribution in [-0.2, 0) is 0 Å². The second-order valence-corrected chi connectivity index (χ2v) is 1.97. The van der Waals surface area contributed by atoms with Gasteiger partial charge in [-0.05, 0) is 18.6 Å². The Morgan fingerprint density at radius 1 is 1.40 bits per heavy atom. The molecule has 0 unspecified atom stereocenters. The molecule has 0 spiro atoms. The fourth-order valence-electron chi connectivity index (χ4n) is 0.322. The molecule has 0 atom stereocenters. The van der Waals surface area contributed by atoms with Crippen LogP contribution in [0.5, 0.6) is 0 Å². The van der Waals surface area contributed by atoms with Crippen molar-refractivity contribution in [1.29, 1.82) is 5.41 Å². The maximum atomic E-state index is 8.59. The third-order valence-corrected chi connectivity index (χ3v) is 0.959. The zero-order valence-electron chi connectivity index (χ0n) is 6.02. The maximum absolute atomic E-state index is 8.59. The van der Waals surface area contributed by atoms with Gasteiger partial charge in [0.15, 0.2) is 0 Å². The van der Waals surface area contributed by atoms with Crippen LogP contribution >= 0.6 is 0 Å². The lowest BCUT2D eigenvalue weighted by Crippen LogP contribution is -1.88. The van der Waals surface area contributed by atoms with Crippen LogP contribution in [0, 0.1) is 5.41 Å².